The van der Waals surface area contributed by atoms with Crippen LogP contribution in [0.4, 0.5) is 0 Å². The molecule has 1 heterocycles. The Kier molecular flexibility index (Phi) is 3.57. The summed E-state index contributed by atoms with van der Waals surface area (Å²) >= 11 is 11.0. The molecule has 0 amide bonds. The first-order chi connectivity index (χ1) is 5.72. The minimum Gasteiger partial charge on any atom is -0.261 e. The number of hydrogen-bond donors (Lipinski definition) is 0. The molecule has 0 aliphatic carbocycles. The van der Waals surface area contributed by atoms with E-state index in [9.17, 15) is 0 Å². The number of aryl methyl sites for hydroxylation is 1. The third-order valence-electron chi connectivity index (χ3n) is 1.49. The summed E-state index contributed by atoms with van der Waals surface area (Å²) < 4.78 is 0.251. The van der Waals surface area contributed by atoms with Gasteiger partial charge in [0.25, 0.3) is 0 Å². The van der Waals surface area contributed by atoms with Crippen molar-refractivity contribution in [2.75, 3.05) is 0 Å². The molecule has 3 heteroatoms. The van der Waals surface area contributed by atoms with E-state index in [0.29, 0.717) is 0 Å². The van der Waals surface area contributed by atoms with Crippen LogP contribution >= 0.6 is 23.2 Å². The molecule has 0 unspecified atom stereocenters. The molecular formula is C9H9Cl2N. The fourth-order valence-corrected chi connectivity index (χ4v) is 1.11. The van der Waals surface area contributed by atoms with Gasteiger partial charge in [-0.2, -0.15) is 0 Å². The van der Waals surface area contributed by atoms with Gasteiger partial charge in [0.05, 0.1) is 0 Å². The lowest BCUT2D eigenvalue weighted by atomic mass is 10.2. The first-order valence-electron chi connectivity index (χ1n) is 3.70. The lowest BCUT2D eigenvalue weighted by Crippen LogP contribution is -1.85. The minimum absolute atomic E-state index is 0.251. The molecule has 1 aromatic rings. The van der Waals surface area contributed by atoms with Crippen LogP contribution in [0, 0.1) is 0 Å². The highest BCUT2D eigenvalue weighted by atomic mass is 35.5. The molecule has 0 saturated heterocycles. The second kappa shape index (κ2) is 4.48. The van der Waals surface area contributed by atoms with Crippen molar-refractivity contribution in [3.8, 4) is 0 Å². The van der Waals surface area contributed by atoms with Crippen molar-refractivity contribution in [1.29, 1.82) is 0 Å². The van der Waals surface area contributed by atoms with E-state index in [-0.39, 0.29) is 4.49 Å². The van der Waals surface area contributed by atoms with Gasteiger partial charge in [-0.15, -0.1) is 0 Å². The van der Waals surface area contributed by atoms with Gasteiger partial charge in [0.2, 0.25) is 0 Å². The van der Waals surface area contributed by atoms with Crippen LogP contribution in [0.3, 0.4) is 0 Å². The van der Waals surface area contributed by atoms with Crippen molar-refractivity contribution in [3.63, 3.8) is 0 Å². The maximum atomic E-state index is 5.48. The largest absolute Gasteiger partial charge is 0.261 e. The number of aromatic nitrogens is 1. The highest BCUT2D eigenvalue weighted by molar-refractivity contribution is 6.57. The molecule has 0 aliphatic heterocycles. The van der Waals surface area contributed by atoms with Gasteiger partial charge in [-0.3, -0.25) is 4.98 Å². The van der Waals surface area contributed by atoms with Crippen LogP contribution < -0.4 is 0 Å². The molecule has 0 N–H and O–H groups in total. The molecule has 64 valence electrons. The Hall–Kier alpha value is -0.530. The zero-order chi connectivity index (χ0) is 8.97. The molecule has 0 bridgehead atoms. The average Bonchev–Trinajstić information content (AvgIpc) is 2.05. The number of hydrogen-bond acceptors (Lipinski definition) is 1. The van der Waals surface area contributed by atoms with Gasteiger partial charge in [0, 0.05) is 11.9 Å². The normalized spacial score (nSPS) is 9.58. The number of nitrogens with zero attached hydrogens (tertiary/aromatic N) is 1. The standard InChI is InChI=1S/C9H9Cl2N/c1-2-8-4-3-7(6-12-8)5-9(10)11/h3-6H,2H2,1H3. The molecule has 0 aliphatic rings. The average molecular weight is 202 g/mol. The van der Waals surface area contributed by atoms with E-state index in [1.165, 1.54) is 0 Å². The van der Waals surface area contributed by atoms with Gasteiger partial charge in [-0.1, -0.05) is 36.2 Å². The fourth-order valence-electron chi connectivity index (χ4n) is 0.856. The SMILES string of the molecule is CCc1ccc(C=C(Cl)Cl)cn1. The zero-order valence-corrected chi connectivity index (χ0v) is 8.23. The van der Waals surface area contributed by atoms with Crippen molar-refractivity contribution in [2.45, 2.75) is 13.3 Å². The maximum Gasteiger partial charge on any atom is 0.107 e. The summed E-state index contributed by atoms with van der Waals surface area (Å²) in [5.74, 6) is 0. The topological polar surface area (TPSA) is 12.9 Å². The smallest absolute Gasteiger partial charge is 0.107 e. The van der Waals surface area contributed by atoms with Gasteiger partial charge >= 0.3 is 0 Å². The molecular weight excluding hydrogens is 193 g/mol. The van der Waals surface area contributed by atoms with Crippen LogP contribution in [0.1, 0.15) is 18.2 Å². The summed E-state index contributed by atoms with van der Waals surface area (Å²) in [6, 6.07) is 3.90. The van der Waals surface area contributed by atoms with E-state index in [1.807, 2.05) is 12.1 Å². The quantitative estimate of drug-likeness (QED) is 0.715. The Morgan fingerprint density at radius 1 is 1.50 bits per heavy atom. The van der Waals surface area contributed by atoms with Crippen molar-refractivity contribution in [3.05, 3.63) is 34.1 Å². The van der Waals surface area contributed by atoms with Crippen molar-refractivity contribution < 1.29 is 0 Å². The third-order valence-corrected chi connectivity index (χ3v) is 1.70. The summed E-state index contributed by atoms with van der Waals surface area (Å²) in [5.41, 5.74) is 1.99. The Morgan fingerprint density at radius 3 is 2.67 bits per heavy atom. The van der Waals surface area contributed by atoms with E-state index < -0.39 is 0 Å². The number of rotatable bonds is 2. The molecule has 1 aromatic heterocycles. The summed E-state index contributed by atoms with van der Waals surface area (Å²) in [5, 5.41) is 0. The van der Waals surface area contributed by atoms with Crippen LogP contribution in [-0.2, 0) is 6.42 Å². The molecule has 0 spiro atoms. The Bertz CT molecular complexity index is 273. The molecule has 0 atom stereocenters. The zero-order valence-electron chi connectivity index (χ0n) is 6.72. The van der Waals surface area contributed by atoms with Crippen molar-refractivity contribution in [1.82, 2.24) is 4.98 Å². The summed E-state index contributed by atoms with van der Waals surface area (Å²) in [6.45, 7) is 2.06. The monoisotopic (exact) mass is 201 g/mol. The number of pyridine rings is 1. The van der Waals surface area contributed by atoms with E-state index in [4.69, 9.17) is 23.2 Å². The van der Waals surface area contributed by atoms with Gasteiger partial charge in [0.1, 0.15) is 4.49 Å². The van der Waals surface area contributed by atoms with Gasteiger partial charge < -0.3 is 0 Å². The lowest BCUT2D eigenvalue weighted by molar-refractivity contribution is 1.03. The van der Waals surface area contributed by atoms with Crippen molar-refractivity contribution in [2.24, 2.45) is 0 Å². The number of halogens is 2. The van der Waals surface area contributed by atoms with Crippen LogP contribution in [0.2, 0.25) is 0 Å². The lowest BCUT2D eigenvalue weighted by Gasteiger charge is -1.95. The molecule has 1 rings (SSSR count). The second-order valence-electron chi connectivity index (χ2n) is 2.37. The molecule has 0 radical (unpaired) electrons. The van der Waals surface area contributed by atoms with Crippen LogP contribution in [0.5, 0.6) is 0 Å². The van der Waals surface area contributed by atoms with Gasteiger partial charge in [-0.05, 0) is 24.1 Å². The molecule has 0 aromatic carbocycles. The molecule has 0 saturated carbocycles. The Labute approximate surface area is 82.0 Å². The van der Waals surface area contributed by atoms with Crippen LogP contribution in [-0.4, -0.2) is 4.98 Å². The highest BCUT2D eigenvalue weighted by Crippen LogP contribution is 2.12. The van der Waals surface area contributed by atoms with E-state index in [1.54, 1.807) is 12.3 Å². The van der Waals surface area contributed by atoms with E-state index in [2.05, 4.69) is 11.9 Å². The van der Waals surface area contributed by atoms with Crippen molar-refractivity contribution >= 4 is 29.3 Å². The first kappa shape index (κ1) is 9.56. The first-order valence-corrected chi connectivity index (χ1v) is 4.45. The molecule has 1 nitrogen and oxygen atoms in total. The van der Waals surface area contributed by atoms with Crippen LogP contribution in [0.15, 0.2) is 22.8 Å². The van der Waals surface area contributed by atoms with Gasteiger partial charge in [0.15, 0.2) is 0 Å². The van der Waals surface area contributed by atoms with E-state index >= 15 is 0 Å². The second-order valence-corrected chi connectivity index (χ2v) is 3.38. The van der Waals surface area contributed by atoms with E-state index in [0.717, 1.165) is 17.7 Å². The molecule has 0 fully saturated rings. The Balaban J connectivity index is 2.85. The third kappa shape index (κ3) is 2.84. The maximum absolute atomic E-state index is 5.48. The minimum atomic E-state index is 0.251. The predicted molar refractivity (Wildman–Crippen MR) is 53.3 cm³/mol. The fraction of sp³-hybridized carbons (Fsp3) is 0.222. The Morgan fingerprint density at radius 2 is 2.25 bits per heavy atom. The summed E-state index contributed by atoms with van der Waals surface area (Å²) in [6.07, 6.45) is 4.36. The molecule has 12 heavy (non-hydrogen) atoms. The predicted octanol–water partition coefficient (Wildman–Crippen LogP) is 3.42. The van der Waals surface area contributed by atoms with Crippen LogP contribution in [0.25, 0.3) is 6.08 Å². The summed E-state index contributed by atoms with van der Waals surface area (Å²) in [4.78, 5) is 4.19. The van der Waals surface area contributed by atoms with Gasteiger partial charge in [-0.25, -0.2) is 0 Å². The summed E-state index contributed by atoms with van der Waals surface area (Å²) in [7, 11) is 0. The highest BCUT2D eigenvalue weighted by Gasteiger charge is 1.91.